The maximum absolute atomic E-state index is 13.0. The summed E-state index contributed by atoms with van der Waals surface area (Å²) in [5.41, 5.74) is 17.2. The lowest BCUT2D eigenvalue weighted by atomic mass is 10.1. The Labute approximate surface area is 213 Å². The summed E-state index contributed by atoms with van der Waals surface area (Å²) in [7, 11) is 1.66. The maximum atomic E-state index is 13.0. The highest BCUT2D eigenvalue weighted by atomic mass is 16.6. The van der Waals surface area contributed by atoms with Crippen LogP contribution in [0.15, 0.2) is 59.5 Å². The number of rotatable bonds is 10. The van der Waals surface area contributed by atoms with Gasteiger partial charge in [-0.25, -0.2) is 9.59 Å². The molecule has 0 spiro atoms. The maximum Gasteiger partial charge on any atom is 0.351 e. The second-order valence-electron chi connectivity index (χ2n) is 8.62. The summed E-state index contributed by atoms with van der Waals surface area (Å²) in [4.78, 5) is 43.2. The van der Waals surface area contributed by atoms with E-state index in [9.17, 15) is 14.4 Å². The fourth-order valence-electron chi connectivity index (χ4n) is 3.58. The first-order valence-corrected chi connectivity index (χ1v) is 11.6. The number of nitrogens with two attached hydrogens (primary N) is 3. The van der Waals surface area contributed by atoms with Gasteiger partial charge in [-0.15, -0.1) is 0 Å². The number of carbonyl (C=O) groups excluding carboxylic acids is 2. The van der Waals surface area contributed by atoms with E-state index >= 15 is 0 Å². The summed E-state index contributed by atoms with van der Waals surface area (Å²) >= 11 is 0. The Morgan fingerprint density at radius 2 is 2.00 bits per heavy atom. The largest absolute Gasteiger partial charge is 0.459 e. The molecule has 1 aromatic carbocycles. The molecule has 0 aliphatic carbocycles. The van der Waals surface area contributed by atoms with Crippen LogP contribution < -0.4 is 28.2 Å². The highest BCUT2D eigenvalue weighted by molar-refractivity contribution is 5.81. The van der Waals surface area contributed by atoms with E-state index in [0.29, 0.717) is 13.0 Å². The van der Waals surface area contributed by atoms with Gasteiger partial charge in [0.2, 0.25) is 5.91 Å². The van der Waals surface area contributed by atoms with Crippen molar-refractivity contribution in [2.75, 3.05) is 19.3 Å². The van der Waals surface area contributed by atoms with Crippen LogP contribution >= 0.6 is 0 Å². The van der Waals surface area contributed by atoms with Crippen LogP contribution in [-0.4, -0.2) is 64.1 Å². The van der Waals surface area contributed by atoms with Crippen molar-refractivity contribution in [2.24, 2.45) is 11.5 Å². The van der Waals surface area contributed by atoms with Gasteiger partial charge >= 0.3 is 11.7 Å². The minimum atomic E-state index is -1.24. The number of carbonyl (C=O) groups is 2. The van der Waals surface area contributed by atoms with Crippen LogP contribution in [-0.2, 0) is 25.7 Å². The van der Waals surface area contributed by atoms with Crippen molar-refractivity contribution in [1.82, 2.24) is 19.8 Å². The van der Waals surface area contributed by atoms with E-state index in [2.05, 4.69) is 10.3 Å². The predicted octanol–water partition coefficient (Wildman–Crippen LogP) is -0.560. The van der Waals surface area contributed by atoms with Crippen LogP contribution in [0.5, 0.6) is 0 Å². The molecule has 1 aromatic heterocycles. The Morgan fingerprint density at radius 1 is 1.27 bits per heavy atom. The summed E-state index contributed by atoms with van der Waals surface area (Å²) in [6.07, 6.45) is 2.71. The molecule has 0 saturated heterocycles. The highest BCUT2D eigenvalue weighted by Gasteiger charge is 2.36. The van der Waals surface area contributed by atoms with Crippen molar-refractivity contribution in [2.45, 2.75) is 43.9 Å². The number of anilines is 1. The number of amides is 1. The molecular weight excluding hydrogens is 480 g/mol. The molecule has 13 nitrogen and oxygen atoms in total. The Hall–Kier alpha value is -4.23. The second-order valence-corrected chi connectivity index (χ2v) is 8.62. The molecule has 37 heavy (non-hydrogen) atoms. The van der Waals surface area contributed by atoms with E-state index in [1.54, 1.807) is 13.1 Å². The Balaban J connectivity index is 1.70. The van der Waals surface area contributed by atoms with Gasteiger partial charge in [-0.2, -0.15) is 4.98 Å². The number of hydrogen-bond donors (Lipinski definition) is 5. The van der Waals surface area contributed by atoms with E-state index in [4.69, 9.17) is 32.1 Å². The summed E-state index contributed by atoms with van der Waals surface area (Å²) in [6, 6.07) is 9.17. The zero-order chi connectivity index (χ0) is 26.9. The second kappa shape index (κ2) is 12.6. The quantitative estimate of drug-likeness (QED) is 0.119. The van der Waals surface area contributed by atoms with Gasteiger partial charge < -0.3 is 36.9 Å². The molecule has 2 heterocycles. The van der Waals surface area contributed by atoms with Crippen LogP contribution in [0.25, 0.3) is 0 Å². The number of guanidine groups is 1. The van der Waals surface area contributed by atoms with Crippen molar-refractivity contribution in [3.8, 4) is 0 Å². The van der Waals surface area contributed by atoms with Gasteiger partial charge in [-0.3, -0.25) is 14.8 Å². The van der Waals surface area contributed by atoms with Crippen LogP contribution in [0.3, 0.4) is 0 Å². The Bertz CT molecular complexity index is 1190. The molecule has 3 rings (SSSR count). The normalized spacial score (nSPS) is 19.6. The zero-order valence-corrected chi connectivity index (χ0v) is 20.4. The Kier molecular flexibility index (Phi) is 9.35. The van der Waals surface area contributed by atoms with E-state index in [1.807, 2.05) is 30.3 Å². The summed E-state index contributed by atoms with van der Waals surface area (Å²) in [5, 5.41) is 10.1. The number of benzene rings is 1. The lowest BCUT2D eigenvalue weighted by molar-refractivity contribution is -0.167. The lowest BCUT2D eigenvalue weighted by Gasteiger charge is -2.32. The van der Waals surface area contributed by atoms with E-state index < -0.39 is 42.0 Å². The van der Waals surface area contributed by atoms with Gasteiger partial charge in [0.15, 0.2) is 18.3 Å². The van der Waals surface area contributed by atoms with Gasteiger partial charge in [0.05, 0.1) is 6.04 Å². The predicted molar refractivity (Wildman–Crippen MR) is 136 cm³/mol. The van der Waals surface area contributed by atoms with Crippen molar-refractivity contribution < 1.29 is 19.1 Å². The van der Waals surface area contributed by atoms with E-state index in [-0.39, 0.29) is 24.8 Å². The SMILES string of the molecule is CN(CC[C@H](N)CC(=O)N[C@H]1C=C[C@H](n2ccc(N)nc2=O)O[C@@H]1C(=O)OCc1ccccc1)C(=N)N. The number of hydrogen-bond acceptors (Lipinski definition) is 9. The van der Waals surface area contributed by atoms with Crippen LogP contribution in [0.1, 0.15) is 24.6 Å². The minimum Gasteiger partial charge on any atom is -0.459 e. The fraction of sp³-hybridized carbons (Fsp3) is 0.375. The number of aromatic nitrogens is 2. The molecule has 0 unspecified atom stereocenters. The van der Waals surface area contributed by atoms with Crippen LogP contribution in [0.2, 0.25) is 0 Å². The molecule has 1 aliphatic heterocycles. The smallest absolute Gasteiger partial charge is 0.351 e. The molecule has 0 bridgehead atoms. The molecule has 2 aromatic rings. The molecule has 0 saturated carbocycles. The molecule has 8 N–H and O–H groups in total. The zero-order valence-electron chi connectivity index (χ0n) is 20.4. The van der Waals surface area contributed by atoms with Gasteiger partial charge in [0.1, 0.15) is 12.4 Å². The topological polar surface area (TPSA) is 205 Å². The number of nitrogens with one attached hydrogen (secondary N) is 2. The van der Waals surface area contributed by atoms with E-state index in [0.717, 1.165) is 5.56 Å². The first kappa shape index (κ1) is 27.4. The lowest BCUT2D eigenvalue weighted by Crippen LogP contribution is -2.51. The first-order valence-electron chi connectivity index (χ1n) is 11.6. The highest BCUT2D eigenvalue weighted by Crippen LogP contribution is 2.22. The third-order valence-corrected chi connectivity index (χ3v) is 5.70. The van der Waals surface area contributed by atoms with Crippen LogP contribution in [0, 0.1) is 5.41 Å². The molecule has 4 atom stereocenters. The minimum absolute atomic E-state index is 0.00644. The first-order chi connectivity index (χ1) is 17.6. The van der Waals surface area contributed by atoms with Crippen molar-refractivity contribution >= 4 is 23.7 Å². The monoisotopic (exact) mass is 512 g/mol. The standard InChI is InChI=1S/C24H32N8O5/c1-31(23(27)28)11-9-16(25)13-19(33)29-17-7-8-20(32-12-10-18(26)30-24(32)35)37-21(17)22(34)36-14-15-5-3-2-4-6-15/h2-8,10,12,16-17,20-21H,9,11,13-14,25H2,1H3,(H3,27,28)(H,29,33)(H2,26,30,35)/t16-,17-,20+,21-/m0/s1. The number of nitrogen functional groups attached to an aromatic ring is 1. The van der Waals surface area contributed by atoms with Crippen LogP contribution in [0.4, 0.5) is 5.82 Å². The number of esters is 1. The molecule has 13 heteroatoms. The third-order valence-electron chi connectivity index (χ3n) is 5.70. The molecule has 0 radical (unpaired) electrons. The molecule has 0 fully saturated rings. The summed E-state index contributed by atoms with van der Waals surface area (Å²) in [5.74, 6) is -1.16. The third kappa shape index (κ3) is 7.88. The molecule has 198 valence electrons. The van der Waals surface area contributed by atoms with Gasteiger partial charge in [-0.1, -0.05) is 36.4 Å². The van der Waals surface area contributed by atoms with Gasteiger partial charge in [0, 0.05) is 32.3 Å². The van der Waals surface area contributed by atoms with Crippen molar-refractivity contribution in [1.29, 1.82) is 5.41 Å². The van der Waals surface area contributed by atoms with Crippen molar-refractivity contribution in [3.05, 3.63) is 70.8 Å². The summed E-state index contributed by atoms with van der Waals surface area (Å²) < 4.78 is 12.5. The number of nitrogens with zero attached hydrogens (tertiary/aromatic N) is 3. The average Bonchev–Trinajstić information content (AvgIpc) is 2.86. The van der Waals surface area contributed by atoms with Gasteiger partial charge in [0.25, 0.3) is 0 Å². The molecular formula is C24H32N8O5. The van der Waals surface area contributed by atoms with E-state index in [1.165, 1.54) is 27.8 Å². The fourth-order valence-corrected chi connectivity index (χ4v) is 3.58. The number of ether oxygens (including phenoxy) is 2. The molecule has 1 aliphatic rings. The Morgan fingerprint density at radius 3 is 2.68 bits per heavy atom. The van der Waals surface area contributed by atoms with Crippen molar-refractivity contribution in [3.63, 3.8) is 0 Å². The average molecular weight is 513 g/mol. The summed E-state index contributed by atoms with van der Waals surface area (Å²) in [6.45, 7) is 0.420. The van der Waals surface area contributed by atoms with Gasteiger partial charge in [-0.05, 0) is 24.1 Å². The molecule has 1 amide bonds.